The average Bonchev–Trinajstić information content (AvgIpc) is 1.56. The zero-order valence-corrected chi connectivity index (χ0v) is 46.0. The van der Waals surface area contributed by atoms with Gasteiger partial charge in [-0.15, -0.1) is 0 Å². The molecule has 6 nitrogen and oxygen atoms in total. The van der Waals surface area contributed by atoms with Crippen molar-refractivity contribution < 1.29 is 30.2 Å². The van der Waals surface area contributed by atoms with Crippen molar-refractivity contribution in [2.75, 3.05) is 9.80 Å². The predicted octanol–water partition coefficient (Wildman–Crippen LogP) is 19.5. The lowest BCUT2D eigenvalue weighted by molar-refractivity contribution is -0.0500. The summed E-state index contributed by atoms with van der Waals surface area (Å²) >= 11 is 0. The van der Waals surface area contributed by atoms with Gasteiger partial charge >= 0.3 is 15.6 Å². The summed E-state index contributed by atoms with van der Waals surface area (Å²) in [7, 11) is -6.17. The normalized spacial score (nSPS) is 13.9. The molecular weight excluding hydrogens is 1080 g/mol. The van der Waals surface area contributed by atoms with Crippen LogP contribution in [0.4, 0.5) is 47.3 Å². The Morgan fingerprint density at radius 3 is 1.40 bits per heavy atom. The number of hydrogen-bond donors (Lipinski definition) is 0. The molecule has 0 saturated heterocycles. The van der Waals surface area contributed by atoms with Gasteiger partial charge < -0.3 is 18.4 Å². The van der Waals surface area contributed by atoms with Crippen LogP contribution in [0.15, 0.2) is 290 Å². The fourth-order valence-corrected chi connectivity index (χ4v) is 14.7. The third-order valence-corrected chi connectivity index (χ3v) is 18.4. The third-order valence-electron chi connectivity index (χ3n) is 17.5. The van der Waals surface area contributed by atoms with Crippen LogP contribution in [0, 0.1) is 0 Å². The van der Waals surface area contributed by atoms with Crippen molar-refractivity contribution in [3.8, 4) is 39.1 Å². The number of fused-ring (bicyclic) bond motifs is 16. The van der Waals surface area contributed by atoms with Crippen molar-refractivity contribution in [2.45, 2.75) is 16.3 Å². The second-order valence-corrected chi connectivity index (χ2v) is 23.3. The van der Waals surface area contributed by atoms with Crippen LogP contribution in [0.2, 0.25) is 0 Å². The van der Waals surface area contributed by atoms with Gasteiger partial charge in [-0.2, -0.15) is 21.6 Å². The molecule has 0 bridgehead atoms. The van der Waals surface area contributed by atoms with Crippen LogP contribution < -0.4 is 14.0 Å². The minimum atomic E-state index is -6.17. The molecule has 1 aromatic heterocycles. The van der Waals surface area contributed by atoms with Crippen LogP contribution >= 0.6 is 0 Å². The monoisotopic (exact) mass is 1130 g/mol. The molecule has 0 atom stereocenters. The van der Waals surface area contributed by atoms with Crippen LogP contribution in [-0.4, -0.2) is 13.9 Å². The van der Waals surface area contributed by atoms with Crippen LogP contribution in [-0.2, 0) is 20.9 Å². The van der Waals surface area contributed by atoms with Crippen LogP contribution in [0.1, 0.15) is 44.5 Å². The van der Waals surface area contributed by atoms with E-state index in [0.29, 0.717) is 39.0 Å². The number of rotatable bonds is 10. The molecule has 0 radical (unpaired) electrons. The highest BCUT2D eigenvalue weighted by atomic mass is 32.2. The first-order valence-corrected chi connectivity index (χ1v) is 29.5. The van der Waals surface area contributed by atoms with E-state index in [1.54, 1.807) is 0 Å². The number of furan rings is 1. The van der Waals surface area contributed by atoms with Crippen molar-refractivity contribution in [2.24, 2.45) is 0 Å². The van der Waals surface area contributed by atoms with Gasteiger partial charge in [0.1, 0.15) is 11.3 Å². The largest absolute Gasteiger partial charge is 0.534 e. The molecule has 16 rings (SSSR count). The van der Waals surface area contributed by atoms with E-state index < -0.39 is 32.2 Å². The molecule has 408 valence electrons. The van der Waals surface area contributed by atoms with Crippen molar-refractivity contribution in [3.63, 3.8) is 0 Å². The summed E-state index contributed by atoms with van der Waals surface area (Å²) in [6.45, 7) is 0. The Hall–Kier alpha value is -10.4. The molecule has 0 saturated carbocycles. The highest BCUT2D eigenvalue weighted by Gasteiger charge is 2.53. The minimum absolute atomic E-state index is 0.254. The Morgan fingerprint density at radius 2 is 0.824 bits per heavy atom. The zero-order chi connectivity index (χ0) is 57.2. The van der Waals surface area contributed by atoms with E-state index in [1.807, 2.05) is 114 Å². The SMILES string of the molecule is O=S(=O)(Oc1cc(N(c2ccccc2)c2cccc3c2-c2ccccc2C32c3ccccc3-c3ccccc32)c2oc3ccc(N(c4ccccc4)c4ccc5c(c4)C(c4ccccc4)(c4ccccc4)c4ccccc4-5)cc3c2c1)C(F)(F)F. The first kappa shape index (κ1) is 50.3. The lowest BCUT2D eigenvalue weighted by atomic mass is 9.67. The molecule has 85 heavy (non-hydrogen) atoms. The molecule has 3 aliphatic rings. The fourth-order valence-electron chi connectivity index (χ4n) is 14.2. The first-order valence-electron chi connectivity index (χ1n) is 28.1. The Balaban J connectivity index is 0.936. The maximum absolute atomic E-state index is 14.6. The Morgan fingerprint density at radius 1 is 0.365 bits per heavy atom. The third kappa shape index (κ3) is 7.28. The highest BCUT2D eigenvalue weighted by molar-refractivity contribution is 7.88. The van der Waals surface area contributed by atoms with Gasteiger partial charge in [-0.05, 0) is 139 Å². The summed E-state index contributed by atoms with van der Waals surface area (Å²) in [5, 5.41) is 0.839. The van der Waals surface area contributed by atoms with E-state index in [0.717, 1.165) is 83.7 Å². The summed E-state index contributed by atoms with van der Waals surface area (Å²) < 4.78 is 82.5. The van der Waals surface area contributed by atoms with Crippen LogP contribution in [0.25, 0.3) is 55.3 Å². The standard InChI is InChI=1S/C75H47F3N2O4S/c76-75(77,78)85(81,82)84-54-46-61-60-44-52(79(50-26-9-3-10-27-50)53-40-42-58-57-32-13-17-34-62(57)73(67(58)45-53,48-22-5-1-6-23-48)49-24-7-2-8-25-49)41-43-70(60)83-72(61)69(47-54)80(51-28-11-4-12-29-51)68-39-21-38-66-71(68)59-33-16-20-37-65(59)74(66)63-35-18-14-30-55(63)56-31-15-19-36-64(56)74/h1-47H. The number of hydrogen-bond acceptors (Lipinski definition) is 6. The molecule has 0 fully saturated rings. The Bertz CT molecular complexity index is 4870. The maximum atomic E-state index is 14.6. The second kappa shape index (κ2) is 18.8. The average molecular weight is 1130 g/mol. The van der Waals surface area contributed by atoms with E-state index in [1.165, 1.54) is 17.7 Å². The van der Waals surface area contributed by atoms with E-state index in [9.17, 15) is 21.6 Å². The van der Waals surface area contributed by atoms with E-state index >= 15 is 0 Å². The molecule has 12 aromatic carbocycles. The van der Waals surface area contributed by atoms with E-state index in [2.05, 4.69) is 169 Å². The van der Waals surface area contributed by atoms with Gasteiger partial charge in [0.25, 0.3) is 0 Å². The topological polar surface area (TPSA) is 63.0 Å². The zero-order valence-electron chi connectivity index (χ0n) is 45.2. The number of halogens is 3. The number of nitrogens with zero attached hydrogens (tertiary/aromatic N) is 2. The maximum Gasteiger partial charge on any atom is 0.534 e. The Labute approximate surface area is 488 Å². The van der Waals surface area contributed by atoms with Gasteiger partial charge in [-0.1, -0.05) is 212 Å². The molecule has 13 aromatic rings. The molecule has 1 spiro atoms. The Kier molecular flexibility index (Phi) is 11.1. The minimum Gasteiger partial charge on any atom is -0.454 e. The van der Waals surface area contributed by atoms with Crippen molar-refractivity contribution in [1.29, 1.82) is 0 Å². The van der Waals surface area contributed by atoms with Crippen molar-refractivity contribution >= 4 is 66.2 Å². The summed E-state index contributed by atoms with van der Waals surface area (Å²) in [5.41, 5.74) is 12.8. The second-order valence-electron chi connectivity index (χ2n) is 21.8. The smallest absolute Gasteiger partial charge is 0.454 e. The lowest BCUT2D eigenvalue weighted by Gasteiger charge is -2.35. The molecular formula is C75H47F3N2O4S. The van der Waals surface area contributed by atoms with Gasteiger partial charge in [0.15, 0.2) is 5.58 Å². The van der Waals surface area contributed by atoms with Crippen molar-refractivity contribution in [1.82, 2.24) is 0 Å². The van der Waals surface area contributed by atoms with Crippen molar-refractivity contribution in [3.05, 3.63) is 330 Å². The molecule has 1 heterocycles. The number of para-hydroxylation sites is 2. The fraction of sp³-hybridized carbons (Fsp3) is 0.0400. The highest BCUT2D eigenvalue weighted by Crippen LogP contribution is 2.65. The van der Waals surface area contributed by atoms with E-state index in [4.69, 9.17) is 8.60 Å². The summed E-state index contributed by atoms with van der Waals surface area (Å²) in [4.78, 5) is 4.11. The van der Waals surface area contributed by atoms with Crippen LogP contribution in [0.5, 0.6) is 5.75 Å². The quantitative estimate of drug-likeness (QED) is 0.100. The summed E-state index contributed by atoms with van der Waals surface area (Å²) in [5.74, 6) is -0.548. The first-order chi connectivity index (χ1) is 41.6. The van der Waals surface area contributed by atoms with Gasteiger partial charge in [0.2, 0.25) is 0 Å². The molecule has 3 aliphatic carbocycles. The number of anilines is 6. The van der Waals surface area contributed by atoms with Gasteiger partial charge in [-0.25, -0.2) is 0 Å². The number of alkyl halides is 3. The molecule has 0 N–H and O–H groups in total. The van der Waals surface area contributed by atoms with Gasteiger partial charge in [0, 0.05) is 45.2 Å². The predicted molar refractivity (Wildman–Crippen MR) is 332 cm³/mol. The summed E-state index contributed by atoms with van der Waals surface area (Å²) in [6, 6.07) is 95.9. The summed E-state index contributed by atoms with van der Waals surface area (Å²) in [6.07, 6.45) is 0. The van der Waals surface area contributed by atoms with E-state index in [-0.39, 0.29) is 5.69 Å². The lowest BCUT2D eigenvalue weighted by Crippen LogP contribution is -2.28. The molecule has 0 amide bonds. The molecule has 10 heteroatoms. The number of benzene rings is 12. The van der Waals surface area contributed by atoms with Gasteiger partial charge in [-0.3, -0.25) is 0 Å². The molecule has 0 unspecified atom stereocenters. The van der Waals surface area contributed by atoms with Crippen LogP contribution in [0.3, 0.4) is 0 Å². The molecule has 0 aliphatic heterocycles. The van der Waals surface area contributed by atoms with Gasteiger partial charge in [0.05, 0.1) is 22.2 Å².